The second kappa shape index (κ2) is 11.7. The first kappa shape index (κ1) is 27.7. The van der Waals surface area contributed by atoms with Crippen LogP contribution in [0.4, 0.5) is 0 Å². The minimum absolute atomic E-state index is 0.0929. The molecule has 3 saturated heterocycles. The van der Waals surface area contributed by atoms with Crippen LogP contribution < -0.4 is 5.32 Å². The van der Waals surface area contributed by atoms with E-state index in [9.17, 15) is 14.4 Å². The largest absolute Gasteiger partial charge is 0.353 e. The molecule has 0 unspecified atom stereocenters. The number of carbonyl (C=O) groups excluding carboxylic acids is 3. The zero-order valence-electron chi connectivity index (χ0n) is 24.0. The smallest absolute Gasteiger partial charge is 0.227 e. The zero-order chi connectivity index (χ0) is 27.7. The third-order valence-corrected chi connectivity index (χ3v) is 9.21. The number of imidazole rings is 1. The van der Waals surface area contributed by atoms with Gasteiger partial charge in [-0.05, 0) is 80.4 Å². The molecule has 0 saturated carbocycles. The number of fused-ring (bicyclic) bond motifs is 5. The van der Waals surface area contributed by atoms with Crippen molar-refractivity contribution < 1.29 is 14.4 Å². The maximum Gasteiger partial charge on any atom is 0.227 e. The number of rotatable bonds is 3. The summed E-state index contributed by atoms with van der Waals surface area (Å²) in [6, 6.07) is 6.26. The molecule has 0 aliphatic carbocycles. The van der Waals surface area contributed by atoms with E-state index < -0.39 is 0 Å². The average Bonchev–Trinajstić information content (AvgIpc) is 3.26. The standard InChI is InChI=1S/C31H45N5O3/c1-19(2)25-10-8-20(3)12-31(39)36-17-23-13-24(28(36)6-5-7-29(37)34-25)18-35(16-23)30(38)15-22-9-11-26-27(14-22)33-21(4)32-26/h9,11,14,19-20,23-25,28H,5-8,10,12-13,15-18H2,1-4H3,(H,32,33)(H,34,37)/t20-,23+,24+,25+,28+/m1/s1. The van der Waals surface area contributed by atoms with Gasteiger partial charge in [0.25, 0.3) is 0 Å². The van der Waals surface area contributed by atoms with Gasteiger partial charge < -0.3 is 20.1 Å². The van der Waals surface area contributed by atoms with E-state index in [2.05, 4.69) is 41.0 Å². The number of nitrogens with zero attached hydrogens (tertiary/aromatic N) is 3. The van der Waals surface area contributed by atoms with Crippen molar-refractivity contribution in [2.24, 2.45) is 23.7 Å². The van der Waals surface area contributed by atoms with Gasteiger partial charge in [0.2, 0.25) is 17.7 Å². The van der Waals surface area contributed by atoms with Crippen molar-refractivity contribution in [2.45, 2.75) is 91.1 Å². The Morgan fingerprint density at radius 1 is 1.13 bits per heavy atom. The molecule has 39 heavy (non-hydrogen) atoms. The van der Waals surface area contributed by atoms with Crippen LogP contribution in [0.5, 0.6) is 0 Å². The highest BCUT2D eigenvalue weighted by atomic mass is 16.2. The SMILES string of the molecule is Cc1nc2ccc(CC(=O)N3C[C@@H]4C[C@@H](C3)[C@@H]3CCCC(=O)N[C@H](C(C)C)CC[C@@H](C)CC(=O)N3C4)cc2[nH]1. The molecule has 4 heterocycles. The van der Waals surface area contributed by atoms with E-state index >= 15 is 0 Å². The fourth-order valence-corrected chi connectivity index (χ4v) is 7.09. The van der Waals surface area contributed by atoms with Gasteiger partial charge in [0, 0.05) is 44.6 Å². The molecule has 0 radical (unpaired) electrons. The number of hydrogen-bond donors (Lipinski definition) is 2. The molecule has 5 atom stereocenters. The van der Waals surface area contributed by atoms with Crippen LogP contribution >= 0.6 is 0 Å². The molecule has 3 amide bonds. The summed E-state index contributed by atoms with van der Waals surface area (Å²) in [6.45, 7) is 10.5. The van der Waals surface area contributed by atoms with E-state index in [1.807, 2.05) is 30.0 Å². The Bertz CT molecular complexity index is 1210. The predicted molar refractivity (Wildman–Crippen MR) is 152 cm³/mol. The lowest BCUT2D eigenvalue weighted by Crippen LogP contribution is -2.60. The van der Waals surface area contributed by atoms with E-state index in [-0.39, 0.29) is 41.6 Å². The van der Waals surface area contributed by atoms with Crippen molar-refractivity contribution in [1.29, 1.82) is 0 Å². The number of nitrogens with one attached hydrogen (secondary N) is 2. The quantitative estimate of drug-likeness (QED) is 0.615. The van der Waals surface area contributed by atoms with Gasteiger partial charge in [0.15, 0.2) is 0 Å². The van der Waals surface area contributed by atoms with Crippen LogP contribution in [-0.4, -0.2) is 69.2 Å². The zero-order valence-corrected chi connectivity index (χ0v) is 24.0. The monoisotopic (exact) mass is 535 g/mol. The highest BCUT2D eigenvalue weighted by Gasteiger charge is 2.43. The summed E-state index contributed by atoms with van der Waals surface area (Å²) in [6.07, 6.45) is 5.90. The molecule has 212 valence electrons. The Labute approximate surface area is 232 Å². The first-order valence-corrected chi connectivity index (χ1v) is 15.0. The van der Waals surface area contributed by atoms with Crippen molar-refractivity contribution in [3.05, 3.63) is 29.6 Å². The summed E-state index contributed by atoms with van der Waals surface area (Å²) in [4.78, 5) is 51.7. The Kier molecular flexibility index (Phi) is 8.29. The third kappa shape index (κ3) is 6.47. The van der Waals surface area contributed by atoms with Gasteiger partial charge in [0.1, 0.15) is 5.82 Å². The Morgan fingerprint density at radius 2 is 1.95 bits per heavy atom. The summed E-state index contributed by atoms with van der Waals surface area (Å²) < 4.78 is 0. The van der Waals surface area contributed by atoms with Crippen LogP contribution in [-0.2, 0) is 20.8 Å². The van der Waals surface area contributed by atoms with Crippen LogP contribution in [0.25, 0.3) is 11.0 Å². The number of amides is 3. The molecule has 1 aromatic carbocycles. The fraction of sp³-hybridized carbons (Fsp3) is 0.677. The highest BCUT2D eigenvalue weighted by molar-refractivity contribution is 5.82. The normalized spacial score (nSPS) is 28.9. The molecule has 5 rings (SSSR count). The summed E-state index contributed by atoms with van der Waals surface area (Å²) in [7, 11) is 0. The molecule has 8 nitrogen and oxygen atoms in total. The Balaban J connectivity index is 1.28. The number of aryl methyl sites for hydroxylation is 1. The van der Waals surface area contributed by atoms with Crippen LogP contribution in [0.2, 0.25) is 0 Å². The minimum atomic E-state index is 0.0929. The van der Waals surface area contributed by atoms with Gasteiger partial charge in [-0.25, -0.2) is 4.98 Å². The number of benzene rings is 1. The van der Waals surface area contributed by atoms with Crippen LogP contribution in [0, 0.1) is 30.6 Å². The lowest BCUT2D eigenvalue weighted by molar-refractivity contribution is -0.146. The highest BCUT2D eigenvalue weighted by Crippen LogP contribution is 2.37. The van der Waals surface area contributed by atoms with E-state index in [0.29, 0.717) is 44.2 Å². The molecular formula is C31H45N5O3. The Morgan fingerprint density at radius 3 is 2.74 bits per heavy atom. The number of carbonyl (C=O) groups is 3. The molecule has 1 aromatic heterocycles. The minimum Gasteiger partial charge on any atom is -0.353 e. The van der Waals surface area contributed by atoms with E-state index in [1.54, 1.807) is 0 Å². The maximum absolute atomic E-state index is 13.6. The summed E-state index contributed by atoms with van der Waals surface area (Å²) in [5.74, 6) is 2.63. The van der Waals surface area contributed by atoms with Crippen LogP contribution in [0.3, 0.4) is 0 Å². The van der Waals surface area contributed by atoms with Crippen molar-refractivity contribution in [3.63, 3.8) is 0 Å². The third-order valence-electron chi connectivity index (χ3n) is 9.21. The molecule has 3 fully saturated rings. The van der Waals surface area contributed by atoms with Gasteiger partial charge in [-0.15, -0.1) is 0 Å². The Hall–Kier alpha value is -2.90. The summed E-state index contributed by atoms with van der Waals surface area (Å²) >= 11 is 0. The topological polar surface area (TPSA) is 98.4 Å². The second-order valence-electron chi connectivity index (χ2n) is 12.8. The fourth-order valence-electron chi connectivity index (χ4n) is 7.09. The lowest BCUT2D eigenvalue weighted by atomic mass is 9.77. The van der Waals surface area contributed by atoms with E-state index in [4.69, 9.17) is 0 Å². The number of aromatic nitrogens is 2. The van der Waals surface area contributed by atoms with E-state index in [0.717, 1.165) is 61.1 Å². The number of H-pyrrole nitrogens is 1. The molecule has 3 aliphatic rings. The van der Waals surface area contributed by atoms with Crippen LogP contribution in [0.15, 0.2) is 18.2 Å². The van der Waals surface area contributed by atoms with Gasteiger partial charge in [0.05, 0.1) is 17.5 Å². The second-order valence-corrected chi connectivity index (χ2v) is 12.8. The summed E-state index contributed by atoms with van der Waals surface area (Å²) in [5, 5.41) is 3.26. The first-order chi connectivity index (χ1) is 18.7. The average molecular weight is 536 g/mol. The van der Waals surface area contributed by atoms with Gasteiger partial charge >= 0.3 is 0 Å². The van der Waals surface area contributed by atoms with Crippen molar-refractivity contribution in [3.8, 4) is 0 Å². The maximum atomic E-state index is 13.6. The lowest BCUT2D eigenvalue weighted by Gasteiger charge is -2.51. The molecule has 2 aromatic rings. The number of aromatic amines is 1. The molecule has 2 bridgehead atoms. The summed E-state index contributed by atoms with van der Waals surface area (Å²) in [5.41, 5.74) is 2.87. The van der Waals surface area contributed by atoms with Gasteiger partial charge in [-0.3, -0.25) is 14.4 Å². The first-order valence-electron chi connectivity index (χ1n) is 15.0. The predicted octanol–water partition coefficient (Wildman–Crippen LogP) is 4.22. The molecule has 0 spiro atoms. The van der Waals surface area contributed by atoms with E-state index in [1.165, 1.54) is 0 Å². The number of piperidine rings is 2. The van der Waals surface area contributed by atoms with Gasteiger partial charge in [-0.2, -0.15) is 0 Å². The van der Waals surface area contributed by atoms with Crippen molar-refractivity contribution in [2.75, 3.05) is 19.6 Å². The van der Waals surface area contributed by atoms with Crippen LogP contribution in [0.1, 0.15) is 77.1 Å². The number of hydrogen-bond acceptors (Lipinski definition) is 4. The van der Waals surface area contributed by atoms with Crippen molar-refractivity contribution >= 4 is 28.8 Å². The van der Waals surface area contributed by atoms with Gasteiger partial charge in [-0.1, -0.05) is 26.8 Å². The number of likely N-dealkylation sites (tertiary alicyclic amines) is 1. The molecule has 8 heteroatoms. The molecule has 3 aliphatic heterocycles. The molecular weight excluding hydrogens is 490 g/mol. The van der Waals surface area contributed by atoms with Crippen molar-refractivity contribution in [1.82, 2.24) is 25.1 Å². The molecule has 2 N–H and O–H groups in total.